The van der Waals surface area contributed by atoms with Gasteiger partial charge in [-0.3, -0.25) is 5.43 Å². The van der Waals surface area contributed by atoms with Crippen LogP contribution >= 0.6 is 11.6 Å². The predicted molar refractivity (Wildman–Crippen MR) is 70.0 cm³/mol. The third-order valence-corrected chi connectivity index (χ3v) is 1.81. The molecule has 0 saturated heterocycles. The van der Waals surface area contributed by atoms with Gasteiger partial charge >= 0.3 is 6.18 Å². The van der Waals surface area contributed by atoms with Crippen molar-refractivity contribution < 1.29 is 13.2 Å². The van der Waals surface area contributed by atoms with Crippen LogP contribution in [0, 0.1) is 11.3 Å². The number of hydrogen-bond donors (Lipinski definition) is 1. The summed E-state index contributed by atoms with van der Waals surface area (Å²) in [6.07, 6.45) is -2.93. The molecular weight excluding hydrogens is 279 g/mol. The summed E-state index contributed by atoms with van der Waals surface area (Å²) in [4.78, 5) is 0. The van der Waals surface area contributed by atoms with Crippen LogP contribution in [0.25, 0.3) is 0 Å². The van der Waals surface area contributed by atoms with E-state index in [1.165, 1.54) is 24.3 Å². The second-order valence-electron chi connectivity index (χ2n) is 3.11. The smallest absolute Gasteiger partial charge is 0.277 e. The predicted octanol–water partition coefficient (Wildman–Crippen LogP) is 4.28. The van der Waals surface area contributed by atoms with E-state index in [0.29, 0.717) is 5.56 Å². The molecule has 0 amide bonds. The van der Waals surface area contributed by atoms with Crippen molar-refractivity contribution in [2.24, 2.45) is 5.10 Å². The molecule has 0 heterocycles. The van der Waals surface area contributed by atoms with Crippen LogP contribution in [0.15, 0.2) is 42.0 Å². The number of nitriles is 1. The molecule has 1 N–H and O–H groups in total. The minimum atomic E-state index is -4.68. The van der Waals surface area contributed by atoms with Crippen molar-refractivity contribution >= 4 is 22.5 Å². The number of rotatable bonds is 2. The Morgan fingerprint density at radius 1 is 1.53 bits per heavy atom. The maximum Gasteiger partial charge on any atom is 0.446 e. The van der Waals surface area contributed by atoms with Crippen LogP contribution in [0.5, 0.6) is 0 Å². The molecule has 1 aromatic rings. The Morgan fingerprint density at radius 3 is 2.58 bits per heavy atom. The molecule has 0 unspecified atom stereocenters. The van der Waals surface area contributed by atoms with Crippen molar-refractivity contribution in [3.63, 3.8) is 0 Å². The Kier molecular flexibility index (Phi) is 7.30. The van der Waals surface area contributed by atoms with Crippen molar-refractivity contribution in [3.8, 4) is 6.07 Å². The molecule has 7 heteroatoms. The molecule has 0 spiro atoms. The zero-order chi connectivity index (χ0) is 14.9. The van der Waals surface area contributed by atoms with Crippen LogP contribution < -0.4 is 5.43 Å². The van der Waals surface area contributed by atoms with E-state index in [4.69, 9.17) is 16.9 Å². The van der Waals surface area contributed by atoms with Crippen molar-refractivity contribution in [2.45, 2.75) is 13.1 Å². The first-order valence-electron chi connectivity index (χ1n) is 4.98. The summed E-state index contributed by atoms with van der Waals surface area (Å²) < 4.78 is 35.8. The van der Waals surface area contributed by atoms with Gasteiger partial charge in [0.1, 0.15) is 0 Å². The van der Waals surface area contributed by atoms with Gasteiger partial charge in [0, 0.05) is 0 Å². The van der Waals surface area contributed by atoms with Crippen LogP contribution in [-0.4, -0.2) is 11.3 Å². The number of allylic oxidation sites excluding steroid dienone is 1. The number of alkyl halides is 3. The lowest BCUT2D eigenvalue weighted by atomic mass is 10.2. The standard InChI is InChI=1S/C9H5ClF3N3.C3H6/c10-8(9(11,12)13)16-15-7-3-1-2-6(4-7)5-14;1-3-2/h1-4,15H;3H,1H2,2H3/b16-8+;. The fourth-order valence-corrected chi connectivity index (χ4v) is 0.878. The monoisotopic (exact) mass is 289 g/mol. The Morgan fingerprint density at radius 2 is 2.11 bits per heavy atom. The quantitative estimate of drug-likeness (QED) is 0.502. The molecule has 0 atom stereocenters. The SMILES string of the molecule is C=CC.N#Cc1cccc(N/N=C(/Cl)C(F)(F)F)c1. The second kappa shape index (κ2) is 8.16. The first kappa shape index (κ1) is 17.0. The number of benzene rings is 1. The number of nitrogens with zero attached hydrogens (tertiary/aromatic N) is 2. The van der Waals surface area contributed by atoms with Crippen LogP contribution in [0.3, 0.4) is 0 Å². The van der Waals surface area contributed by atoms with Gasteiger partial charge in [-0.1, -0.05) is 23.7 Å². The van der Waals surface area contributed by atoms with Gasteiger partial charge in [0.05, 0.1) is 17.3 Å². The summed E-state index contributed by atoms with van der Waals surface area (Å²) in [6, 6.07) is 7.68. The fraction of sp³-hybridized carbons (Fsp3) is 0.167. The van der Waals surface area contributed by atoms with Gasteiger partial charge in [-0.15, -0.1) is 6.58 Å². The maximum atomic E-state index is 11.9. The maximum absolute atomic E-state index is 11.9. The molecule has 0 aromatic heterocycles. The number of halogens is 4. The van der Waals surface area contributed by atoms with E-state index >= 15 is 0 Å². The molecule has 0 aliphatic rings. The average Bonchev–Trinajstić information content (AvgIpc) is 2.36. The van der Waals surface area contributed by atoms with E-state index in [1.54, 1.807) is 6.08 Å². The molecule has 0 aliphatic heterocycles. The van der Waals surface area contributed by atoms with Gasteiger partial charge in [0.2, 0.25) is 5.17 Å². The summed E-state index contributed by atoms with van der Waals surface area (Å²) in [5, 5.41) is 9.98. The summed E-state index contributed by atoms with van der Waals surface area (Å²) >= 11 is 4.88. The van der Waals surface area contributed by atoms with Crippen LogP contribution in [0.1, 0.15) is 12.5 Å². The van der Waals surface area contributed by atoms with Crippen molar-refractivity contribution in [1.82, 2.24) is 0 Å². The lowest BCUT2D eigenvalue weighted by Gasteiger charge is -2.04. The summed E-state index contributed by atoms with van der Waals surface area (Å²) in [5.41, 5.74) is 2.67. The molecule has 0 bridgehead atoms. The van der Waals surface area contributed by atoms with E-state index in [2.05, 4.69) is 17.1 Å². The topological polar surface area (TPSA) is 48.2 Å². The van der Waals surface area contributed by atoms with Crippen molar-refractivity contribution in [2.75, 3.05) is 5.43 Å². The lowest BCUT2D eigenvalue weighted by molar-refractivity contribution is -0.0559. The number of hydrogen-bond acceptors (Lipinski definition) is 3. The Labute approximate surface area is 114 Å². The van der Waals surface area contributed by atoms with Gasteiger partial charge in [-0.25, -0.2) is 0 Å². The molecule has 0 fully saturated rings. The van der Waals surface area contributed by atoms with E-state index in [-0.39, 0.29) is 5.69 Å². The zero-order valence-electron chi connectivity index (χ0n) is 10.0. The van der Waals surface area contributed by atoms with Gasteiger partial charge in [-0.2, -0.15) is 23.5 Å². The Hall–Kier alpha value is -2.00. The van der Waals surface area contributed by atoms with E-state index < -0.39 is 11.3 Å². The first-order valence-corrected chi connectivity index (χ1v) is 5.36. The first-order chi connectivity index (χ1) is 8.85. The summed E-state index contributed by atoms with van der Waals surface area (Å²) in [7, 11) is 0. The minimum Gasteiger partial charge on any atom is -0.277 e. The molecule has 19 heavy (non-hydrogen) atoms. The average molecular weight is 290 g/mol. The van der Waals surface area contributed by atoms with Gasteiger partial charge in [0.25, 0.3) is 0 Å². The van der Waals surface area contributed by atoms with E-state index in [9.17, 15) is 13.2 Å². The van der Waals surface area contributed by atoms with E-state index in [1.807, 2.05) is 13.0 Å². The summed E-state index contributed by atoms with van der Waals surface area (Å²) in [6.45, 7) is 5.25. The highest BCUT2D eigenvalue weighted by Crippen LogP contribution is 2.20. The lowest BCUT2D eigenvalue weighted by Crippen LogP contribution is -2.18. The third kappa shape index (κ3) is 7.11. The van der Waals surface area contributed by atoms with Gasteiger partial charge in [-0.05, 0) is 25.1 Å². The van der Waals surface area contributed by atoms with E-state index in [0.717, 1.165) is 0 Å². The highest BCUT2D eigenvalue weighted by molar-refractivity contribution is 6.66. The zero-order valence-corrected chi connectivity index (χ0v) is 10.8. The largest absolute Gasteiger partial charge is 0.446 e. The molecule has 102 valence electrons. The van der Waals surface area contributed by atoms with Crippen LogP contribution in [0.2, 0.25) is 0 Å². The number of hydrazone groups is 1. The summed E-state index contributed by atoms with van der Waals surface area (Å²) in [5.74, 6) is 0. The molecule has 0 radical (unpaired) electrons. The molecule has 1 rings (SSSR count). The number of anilines is 1. The minimum absolute atomic E-state index is 0.251. The highest BCUT2D eigenvalue weighted by Gasteiger charge is 2.34. The number of nitrogens with one attached hydrogen (secondary N) is 1. The van der Waals surface area contributed by atoms with Crippen LogP contribution in [0.4, 0.5) is 18.9 Å². The Bertz CT molecular complexity index is 490. The van der Waals surface area contributed by atoms with Gasteiger partial charge < -0.3 is 0 Å². The van der Waals surface area contributed by atoms with Crippen molar-refractivity contribution in [1.29, 1.82) is 5.26 Å². The highest BCUT2D eigenvalue weighted by atomic mass is 35.5. The molecular formula is C12H11ClF3N3. The second-order valence-corrected chi connectivity index (χ2v) is 3.47. The fourth-order valence-electron chi connectivity index (χ4n) is 0.835. The molecule has 1 aromatic carbocycles. The normalized spacial score (nSPS) is 10.8. The third-order valence-electron chi connectivity index (χ3n) is 1.51. The molecule has 0 aliphatic carbocycles. The van der Waals surface area contributed by atoms with Crippen molar-refractivity contribution in [3.05, 3.63) is 42.5 Å². The Balaban J connectivity index is 0.000000982. The van der Waals surface area contributed by atoms with Gasteiger partial charge in [0.15, 0.2) is 0 Å². The molecule has 3 nitrogen and oxygen atoms in total. The van der Waals surface area contributed by atoms with Crippen LogP contribution in [-0.2, 0) is 0 Å². The molecule has 0 saturated carbocycles.